The number of fused-ring (bicyclic) bond motifs is 1. The van der Waals surface area contributed by atoms with Gasteiger partial charge in [-0.2, -0.15) is 18.3 Å². The number of alkyl halides is 5. The van der Waals surface area contributed by atoms with E-state index in [1.54, 1.807) is 0 Å². The minimum absolute atomic E-state index is 0.0118. The van der Waals surface area contributed by atoms with E-state index in [0.717, 1.165) is 16.8 Å². The van der Waals surface area contributed by atoms with Crippen LogP contribution >= 0.6 is 11.3 Å². The largest absolute Gasteiger partial charge is 0.464 e. The number of furan rings is 1. The minimum atomic E-state index is -4.80. The molecule has 1 atom stereocenters. The first-order chi connectivity index (χ1) is 16.4. The molecule has 0 saturated heterocycles. The summed E-state index contributed by atoms with van der Waals surface area (Å²) in [5, 5.41) is 6.25. The number of rotatable bonds is 6. The van der Waals surface area contributed by atoms with Gasteiger partial charge >= 0.3 is 6.18 Å². The van der Waals surface area contributed by atoms with Crippen molar-refractivity contribution >= 4 is 39.1 Å². The molecule has 0 aliphatic rings. The van der Waals surface area contributed by atoms with E-state index in [9.17, 15) is 31.5 Å². The third-order valence-electron chi connectivity index (χ3n) is 5.12. The lowest BCUT2D eigenvalue weighted by Crippen LogP contribution is -2.26. The topological polar surface area (TPSA) is 116 Å². The summed E-state index contributed by atoms with van der Waals surface area (Å²) >= 11 is 0.571. The third-order valence-corrected chi connectivity index (χ3v) is 6.22. The summed E-state index contributed by atoms with van der Waals surface area (Å²) < 4.78 is 72.9. The summed E-state index contributed by atoms with van der Waals surface area (Å²) in [4.78, 5) is 28.4. The van der Waals surface area contributed by atoms with E-state index in [-0.39, 0.29) is 37.8 Å². The second kappa shape index (κ2) is 8.76. The molecular formula is C21H16F5N5O3S. The van der Waals surface area contributed by atoms with E-state index in [2.05, 4.69) is 15.4 Å². The highest BCUT2D eigenvalue weighted by atomic mass is 32.1. The van der Waals surface area contributed by atoms with Crippen molar-refractivity contribution < 1.29 is 36.0 Å². The van der Waals surface area contributed by atoms with Crippen molar-refractivity contribution in [2.75, 3.05) is 5.32 Å². The molecule has 0 fully saturated rings. The number of pyridine rings is 1. The highest BCUT2D eigenvalue weighted by Crippen LogP contribution is 2.44. The molecular weight excluding hydrogens is 497 g/mol. The van der Waals surface area contributed by atoms with Gasteiger partial charge < -0.3 is 15.5 Å². The molecule has 3 N–H and O–H groups in total. The predicted octanol–water partition coefficient (Wildman–Crippen LogP) is 5.32. The van der Waals surface area contributed by atoms with Gasteiger partial charge in [0.15, 0.2) is 0 Å². The van der Waals surface area contributed by atoms with Crippen molar-refractivity contribution in [3.05, 3.63) is 52.5 Å². The molecule has 4 aromatic heterocycles. The number of anilines is 1. The summed E-state index contributed by atoms with van der Waals surface area (Å²) in [5.41, 5.74) is 3.73. The van der Waals surface area contributed by atoms with Gasteiger partial charge in [0.1, 0.15) is 32.9 Å². The highest BCUT2D eigenvalue weighted by Gasteiger charge is 2.35. The first-order valence-electron chi connectivity index (χ1n) is 9.92. The quantitative estimate of drug-likeness (QED) is 0.339. The third kappa shape index (κ3) is 4.48. The van der Waals surface area contributed by atoms with Crippen LogP contribution in [0, 0.1) is 6.92 Å². The molecule has 14 heteroatoms. The number of carbonyl (C=O) groups is 2. The van der Waals surface area contributed by atoms with E-state index in [1.807, 2.05) is 0 Å². The lowest BCUT2D eigenvalue weighted by Gasteiger charge is -2.16. The van der Waals surface area contributed by atoms with Crippen LogP contribution in [0.25, 0.3) is 21.5 Å². The van der Waals surface area contributed by atoms with Crippen molar-refractivity contribution in [1.82, 2.24) is 14.8 Å². The predicted molar refractivity (Wildman–Crippen MR) is 116 cm³/mol. The van der Waals surface area contributed by atoms with Gasteiger partial charge in [-0.25, -0.2) is 13.8 Å². The Bertz CT molecular complexity index is 1430. The van der Waals surface area contributed by atoms with E-state index in [1.165, 1.54) is 32.2 Å². The summed E-state index contributed by atoms with van der Waals surface area (Å²) in [6, 6.07) is 3.61. The Hall–Kier alpha value is -3.81. The molecule has 0 aromatic carbocycles. The van der Waals surface area contributed by atoms with Gasteiger partial charge in [-0.05, 0) is 38.1 Å². The van der Waals surface area contributed by atoms with Crippen LogP contribution in [0.4, 0.5) is 27.6 Å². The van der Waals surface area contributed by atoms with Crippen molar-refractivity contribution in [2.24, 2.45) is 5.73 Å². The molecule has 0 saturated carbocycles. The Labute approximate surface area is 197 Å². The molecule has 184 valence electrons. The van der Waals surface area contributed by atoms with E-state index < -0.39 is 41.8 Å². The van der Waals surface area contributed by atoms with Crippen LogP contribution in [0.5, 0.6) is 0 Å². The number of thiophene rings is 1. The molecule has 0 bridgehead atoms. The zero-order chi connectivity index (χ0) is 25.7. The van der Waals surface area contributed by atoms with Gasteiger partial charge in [0, 0.05) is 16.6 Å². The number of amides is 2. The SMILES string of the molecule is Cc1cc(C(F)F)nn1C(C)C(=O)Nc1c(C(N)=O)sc2nc(C(F)(F)F)cc(-c3ccco3)c12. The average Bonchev–Trinajstić information content (AvgIpc) is 3.51. The number of halogens is 5. The Kier molecular flexibility index (Phi) is 6.09. The van der Waals surface area contributed by atoms with Crippen LogP contribution in [0.1, 0.15) is 46.1 Å². The fraction of sp³-hybridized carbons (Fsp3) is 0.238. The van der Waals surface area contributed by atoms with Crippen LogP contribution in [-0.4, -0.2) is 26.6 Å². The summed E-state index contributed by atoms with van der Waals surface area (Å²) in [5.74, 6) is -1.75. The van der Waals surface area contributed by atoms with Crippen LogP contribution in [0.3, 0.4) is 0 Å². The molecule has 4 rings (SSSR count). The zero-order valence-electron chi connectivity index (χ0n) is 18.0. The van der Waals surface area contributed by atoms with Crippen LogP contribution in [0.15, 0.2) is 34.9 Å². The minimum Gasteiger partial charge on any atom is -0.464 e. The Morgan fingerprint density at radius 1 is 1.26 bits per heavy atom. The highest BCUT2D eigenvalue weighted by molar-refractivity contribution is 7.21. The molecule has 0 aliphatic carbocycles. The van der Waals surface area contributed by atoms with Crippen LogP contribution < -0.4 is 11.1 Å². The van der Waals surface area contributed by atoms with E-state index >= 15 is 0 Å². The Morgan fingerprint density at radius 2 is 1.97 bits per heavy atom. The first-order valence-corrected chi connectivity index (χ1v) is 10.7. The second-order valence-electron chi connectivity index (χ2n) is 7.50. The fourth-order valence-electron chi connectivity index (χ4n) is 3.51. The van der Waals surface area contributed by atoms with Crippen LogP contribution in [-0.2, 0) is 11.0 Å². The monoisotopic (exact) mass is 513 g/mol. The van der Waals surface area contributed by atoms with Gasteiger partial charge in [0.2, 0.25) is 5.91 Å². The molecule has 4 aromatic rings. The summed E-state index contributed by atoms with van der Waals surface area (Å²) in [6.45, 7) is 2.87. The van der Waals surface area contributed by atoms with Crippen molar-refractivity contribution in [2.45, 2.75) is 32.5 Å². The van der Waals surface area contributed by atoms with Gasteiger partial charge in [0.05, 0.1) is 12.0 Å². The molecule has 0 aliphatic heterocycles. The number of nitrogens with two attached hydrogens (primary N) is 1. The molecule has 0 radical (unpaired) electrons. The second-order valence-corrected chi connectivity index (χ2v) is 8.50. The molecule has 1 unspecified atom stereocenters. The Balaban J connectivity index is 1.86. The van der Waals surface area contributed by atoms with Gasteiger partial charge in [-0.1, -0.05) is 0 Å². The number of carbonyl (C=O) groups excluding carboxylic acids is 2. The number of primary amides is 1. The standard InChI is InChI=1S/C21H16F5N5O3S/c1-8-6-11(17(22)23)30-31(8)9(2)19(33)29-15-14-10(12-4-3-5-34-12)7-13(21(24,25)26)28-20(14)35-16(15)18(27)32/h3-7,9,17H,1-2H3,(H2,27,32)(H,29,33). The smallest absolute Gasteiger partial charge is 0.433 e. The van der Waals surface area contributed by atoms with Gasteiger partial charge in [0.25, 0.3) is 12.3 Å². The number of aryl methyl sites for hydroxylation is 1. The fourth-order valence-corrected chi connectivity index (χ4v) is 4.52. The van der Waals surface area contributed by atoms with Crippen molar-refractivity contribution in [1.29, 1.82) is 0 Å². The lowest BCUT2D eigenvalue weighted by molar-refractivity contribution is -0.140. The molecule has 4 heterocycles. The average molecular weight is 513 g/mol. The summed E-state index contributed by atoms with van der Waals surface area (Å²) in [6.07, 6.45) is -6.40. The molecule has 0 spiro atoms. The number of hydrogen-bond acceptors (Lipinski definition) is 6. The molecule has 35 heavy (non-hydrogen) atoms. The lowest BCUT2D eigenvalue weighted by atomic mass is 10.1. The van der Waals surface area contributed by atoms with Gasteiger partial charge in [-0.15, -0.1) is 11.3 Å². The zero-order valence-corrected chi connectivity index (χ0v) is 18.8. The van der Waals surface area contributed by atoms with E-state index in [4.69, 9.17) is 10.2 Å². The first kappa shape index (κ1) is 24.3. The number of nitrogens with one attached hydrogen (secondary N) is 1. The number of nitrogens with zero attached hydrogens (tertiary/aromatic N) is 3. The maximum atomic E-state index is 13.5. The van der Waals surface area contributed by atoms with Crippen LogP contribution in [0.2, 0.25) is 0 Å². The normalized spacial score (nSPS) is 12.9. The van der Waals surface area contributed by atoms with Gasteiger partial charge in [-0.3, -0.25) is 14.3 Å². The maximum Gasteiger partial charge on any atom is 0.433 e. The molecule has 8 nitrogen and oxygen atoms in total. The number of hydrogen-bond donors (Lipinski definition) is 2. The Morgan fingerprint density at radius 3 is 2.51 bits per heavy atom. The maximum absolute atomic E-state index is 13.5. The van der Waals surface area contributed by atoms with Crippen molar-refractivity contribution in [3.8, 4) is 11.3 Å². The van der Waals surface area contributed by atoms with E-state index in [0.29, 0.717) is 11.3 Å². The van der Waals surface area contributed by atoms with Crippen molar-refractivity contribution in [3.63, 3.8) is 0 Å². The summed E-state index contributed by atoms with van der Waals surface area (Å²) in [7, 11) is 0. The molecule has 2 amide bonds. The number of aromatic nitrogens is 3.